The number of hydrogen-bond acceptors (Lipinski definition) is 6. The fourth-order valence-electron chi connectivity index (χ4n) is 1.98. The largest absolute Gasteiger partial charge is 0.483 e. The molecule has 0 aromatic heterocycles. The first-order valence-corrected chi connectivity index (χ1v) is 9.00. The second kappa shape index (κ2) is 9.76. The molecule has 2 aromatic rings. The van der Waals surface area contributed by atoms with Crippen LogP contribution in [0.1, 0.15) is 15.9 Å². The number of hydrazine groups is 1. The van der Waals surface area contributed by atoms with E-state index in [9.17, 15) is 19.7 Å². The number of aryl methyl sites for hydroxylation is 1. The molecule has 0 fully saturated rings. The molecule has 28 heavy (non-hydrogen) atoms. The van der Waals surface area contributed by atoms with Gasteiger partial charge >= 0.3 is 0 Å². The number of non-ortho nitro benzene ring substituents is 1. The van der Waals surface area contributed by atoms with Gasteiger partial charge in [-0.3, -0.25) is 35.9 Å². The normalized spacial score (nSPS) is 9.93. The number of carbonyl (C=O) groups is 2. The van der Waals surface area contributed by atoms with Crippen LogP contribution in [0.15, 0.2) is 46.9 Å². The van der Waals surface area contributed by atoms with Crippen LogP contribution in [0, 0.1) is 17.0 Å². The van der Waals surface area contributed by atoms with Crippen LogP contribution >= 0.6 is 28.1 Å². The fraction of sp³-hybridized carbons (Fsp3) is 0.118. The third kappa shape index (κ3) is 6.28. The maximum atomic E-state index is 11.9. The Labute approximate surface area is 173 Å². The van der Waals surface area contributed by atoms with E-state index in [1.165, 1.54) is 24.3 Å². The van der Waals surface area contributed by atoms with E-state index in [0.717, 1.165) is 10.0 Å². The van der Waals surface area contributed by atoms with E-state index < -0.39 is 16.7 Å². The summed E-state index contributed by atoms with van der Waals surface area (Å²) >= 11 is 8.26. The van der Waals surface area contributed by atoms with Crippen LogP contribution in [0.25, 0.3) is 0 Å². The molecule has 2 amide bonds. The minimum atomic E-state index is -0.577. The van der Waals surface area contributed by atoms with Gasteiger partial charge in [-0.25, -0.2) is 0 Å². The average molecular weight is 467 g/mol. The van der Waals surface area contributed by atoms with Gasteiger partial charge < -0.3 is 4.74 Å². The molecule has 3 N–H and O–H groups in total. The van der Waals surface area contributed by atoms with Crippen LogP contribution in [0.4, 0.5) is 5.69 Å². The zero-order valence-corrected chi connectivity index (χ0v) is 16.9. The number of nitrogens with one attached hydrogen (secondary N) is 3. The first-order valence-electron chi connectivity index (χ1n) is 7.80. The Morgan fingerprint density at radius 1 is 1.18 bits per heavy atom. The highest BCUT2D eigenvalue weighted by atomic mass is 79.9. The molecule has 9 nitrogen and oxygen atoms in total. The fourth-order valence-corrected chi connectivity index (χ4v) is 2.75. The molecule has 0 saturated heterocycles. The molecule has 0 heterocycles. The number of halogens is 1. The predicted molar refractivity (Wildman–Crippen MR) is 109 cm³/mol. The number of amides is 2. The summed E-state index contributed by atoms with van der Waals surface area (Å²) in [6.45, 7) is 1.65. The van der Waals surface area contributed by atoms with E-state index in [-0.39, 0.29) is 23.0 Å². The zero-order valence-electron chi connectivity index (χ0n) is 14.5. The van der Waals surface area contributed by atoms with Gasteiger partial charge in [-0.2, -0.15) is 0 Å². The van der Waals surface area contributed by atoms with Crippen molar-refractivity contribution in [2.75, 3.05) is 6.61 Å². The molecule has 2 aromatic carbocycles. The van der Waals surface area contributed by atoms with Gasteiger partial charge in [-0.15, -0.1) is 0 Å². The van der Waals surface area contributed by atoms with Crippen molar-refractivity contribution in [2.45, 2.75) is 6.92 Å². The summed E-state index contributed by atoms with van der Waals surface area (Å²) in [6.07, 6.45) is 0. The van der Waals surface area contributed by atoms with Crippen molar-refractivity contribution in [3.05, 3.63) is 68.2 Å². The van der Waals surface area contributed by atoms with Crippen LogP contribution in [0.2, 0.25) is 0 Å². The lowest BCUT2D eigenvalue weighted by atomic mass is 10.2. The Morgan fingerprint density at radius 3 is 2.46 bits per heavy atom. The molecule has 0 aliphatic rings. The number of thiocarbonyl (C=S) groups is 1. The van der Waals surface area contributed by atoms with Gasteiger partial charge in [0.15, 0.2) is 11.7 Å². The molecule has 0 bridgehead atoms. The van der Waals surface area contributed by atoms with Gasteiger partial charge in [0.05, 0.1) is 9.40 Å². The molecular formula is C17H15BrN4O5S. The van der Waals surface area contributed by atoms with Crippen LogP contribution in [-0.4, -0.2) is 28.5 Å². The number of nitro benzene ring substituents is 1. The third-order valence-corrected chi connectivity index (χ3v) is 4.15. The van der Waals surface area contributed by atoms with Gasteiger partial charge in [-0.1, -0.05) is 6.07 Å². The summed E-state index contributed by atoms with van der Waals surface area (Å²) in [7, 11) is 0. The van der Waals surface area contributed by atoms with E-state index >= 15 is 0 Å². The molecule has 2 rings (SSSR count). The number of ether oxygens (including phenoxy) is 1. The molecule has 0 atom stereocenters. The Bertz CT molecular complexity index is 920. The molecule has 0 unspecified atom stereocenters. The van der Waals surface area contributed by atoms with Crippen molar-refractivity contribution in [1.82, 2.24) is 16.2 Å². The predicted octanol–water partition coefficient (Wildman–Crippen LogP) is 2.38. The smallest absolute Gasteiger partial charge is 0.269 e. The summed E-state index contributed by atoms with van der Waals surface area (Å²) in [6, 6.07) is 10.4. The van der Waals surface area contributed by atoms with E-state index in [2.05, 4.69) is 32.1 Å². The highest BCUT2D eigenvalue weighted by molar-refractivity contribution is 9.10. The molecule has 0 aliphatic carbocycles. The lowest BCUT2D eigenvalue weighted by Gasteiger charge is -2.12. The minimum Gasteiger partial charge on any atom is -0.483 e. The zero-order chi connectivity index (χ0) is 20.7. The van der Waals surface area contributed by atoms with Gasteiger partial charge in [0.25, 0.3) is 17.5 Å². The Hall–Kier alpha value is -3.05. The number of benzene rings is 2. The van der Waals surface area contributed by atoms with Crippen LogP contribution in [0.3, 0.4) is 0 Å². The van der Waals surface area contributed by atoms with Gasteiger partial charge in [0.1, 0.15) is 5.75 Å². The second-order valence-corrected chi connectivity index (χ2v) is 6.75. The Balaban J connectivity index is 1.77. The quantitative estimate of drug-likeness (QED) is 0.351. The van der Waals surface area contributed by atoms with Gasteiger partial charge in [-0.05, 0) is 64.9 Å². The van der Waals surface area contributed by atoms with Crippen molar-refractivity contribution in [3.8, 4) is 5.75 Å². The number of carbonyl (C=O) groups excluding carboxylic acids is 2. The minimum absolute atomic E-state index is 0.132. The van der Waals surface area contributed by atoms with Crippen molar-refractivity contribution in [3.63, 3.8) is 0 Å². The summed E-state index contributed by atoms with van der Waals surface area (Å²) in [5, 5.41) is 12.8. The van der Waals surface area contributed by atoms with E-state index in [4.69, 9.17) is 17.0 Å². The first kappa shape index (κ1) is 21.3. The molecule has 0 aliphatic heterocycles. The van der Waals surface area contributed by atoms with Crippen molar-refractivity contribution in [2.24, 2.45) is 0 Å². The molecule has 0 spiro atoms. The number of nitro groups is 1. The summed E-state index contributed by atoms with van der Waals surface area (Å²) in [5.41, 5.74) is 5.73. The molecule has 11 heteroatoms. The first-order chi connectivity index (χ1) is 13.3. The molecule has 0 radical (unpaired) electrons. The van der Waals surface area contributed by atoms with E-state index in [1.807, 2.05) is 19.1 Å². The number of hydrogen-bond donors (Lipinski definition) is 3. The lowest BCUT2D eigenvalue weighted by Crippen LogP contribution is -2.49. The van der Waals surface area contributed by atoms with Crippen LogP contribution in [-0.2, 0) is 4.79 Å². The summed E-state index contributed by atoms with van der Waals surface area (Å²) in [5.74, 6) is -0.591. The monoisotopic (exact) mass is 466 g/mol. The standard InChI is InChI=1S/C17H15BrN4O5S/c1-10-2-7-14(13(18)8-10)27-9-15(23)19-17(28)21-20-16(24)11-3-5-12(6-4-11)22(25)26/h2-8H,9H2,1H3,(H,20,24)(H2,19,21,23,28). The second-order valence-electron chi connectivity index (χ2n) is 5.48. The van der Waals surface area contributed by atoms with Gasteiger partial charge in [0.2, 0.25) is 0 Å². The van der Waals surface area contributed by atoms with Gasteiger partial charge in [0, 0.05) is 17.7 Å². The average Bonchev–Trinajstić information content (AvgIpc) is 2.65. The van der Waals surface area contributed by atoms with Crippen molar-refractivity contribution in [1.29, 1.82) is 0 Å². The number of rotatable bonds is 5. The highest BCUT2D eigenvalue weighted by Crippen LogP contribution is 2.25. The molecule has 0 saturated carbocycles. The van der Waals surface area contributed by atoms with E-state index in [1.54, 1.807) is 6.07 Å². The third-order valence-electron chi connectivity index (χ3n) is 3.33. The lowest BCUT2D eigenvalue weighted by molar-refractivity contribution is -0.384. The van der Waals surface area contributed by atoms with Crippen LogP contribution < -0.4 is 20.9 Å². The van der Waals surface area contributed by atoms with E-state index in [0.29, 0.717) is 5.75 Å². The summed E-state index contributed by atoms with van der Waals surface area (Å²) < 4.78 is 6.11. The maximum absolute atomic E-state index is 11.9. The maximum Gasteiger partial charge on any atom is 0.269 e. The van der Waals surface area contributed by atoms with Crippen molar-refractivity contribution >= 4 is 50.8 Å². The SMILES string of the molecule is Cc1ccc(OCC(=O)NC(=S)NNC(=O)c2ccc([N+](=O)[O-])cc2)c(Br)c1. The molecular weight excluding hydrogens is 452 g/mol. The number of nitrogens with zero attached hydrogens (tertiary/aromatic N) is 1. The summed E-state index contributed by atoms with van der Waals surface area (Å²) in [4.78, 5) is 33.8. The topological polar surface area (TPSA) is 123 Å². The molecule has 146 valence electrons. The van der Waals surface area contributed by atoms with Crippen LogP contribution in [0.5, 0.6) is 5.75 Å². The highest BCUT2D eigenvalue weighted by Gasteiger charge is 2.11. The Kier molecular flexibility index (Phi) is 7.41. The van der Waals surface area contributed by atoms with Crippen molar-refractivity contribution < 1.29 is 19.2 Å². The Morgan fingerprint density at radius 2 is 1.86 bits per heavy atom.